The van der Waals surface area contributed by atoms with E-state index in [1.165, 1.54) is 19.3 Å². The van der Waals surface area contributed by atoms with E-state index in [0.717, 1.165) is 18.4 Å². The Kier molecular flexibility index (Phi) is 6.09. The van der Waals surface area contributed by atoms with Crippen LogP contribution in [0.2, 0.25) is 0 Å². The van der Waals surface area contributed by atoms with Gasteiger partial charge in [0.15, 0.2) is 0 Å². The lowest BCUT2D eigenvalue weighted by Gasteiger charge is -2.44. The fraction of sp³-hybridized carbons (Fsp3) is 0.609. The van der Waals surface area contributed by atoms with Gasteiger partial charge in [-0.25, -0.2) is 4.79 Å². The Labute approximate surface area is 182 Å². The van der Waals surface area contributed by atoms with Crippen molar-refractivity contribution in [3.63, 3.8) is 0 Å². The highest BCUT2D eigenvalue weighted by Crippen LogP contribution is 2.51. The van der Waals surface area contributed by atoms with E-state index in [4.69, 9.17) is 4.74 Å². The topological polar surface area (TPSA) is 75.7 Å². The maximum Gasteiger partial charge on any atom is 0.330 e. The molecule has 6 nitrogen and oxygen atoms in total. The van der Waals surface area contributed by atoms with Gasteiger partial charge in [-0.1, -0.05) is 49.6 Å². The number of nitrogens with one attached hydrogen (secondary N) is 1. The first kappa shape index (κ1) is 21.2. The van der Waals surface area contributed by atoms with Gasteiger partial charge in [0.1, 0.15) is 17.5 Å². The van der Waals surface area contributed by atoms with Crippen molar-refractivity contribution in [2.75, 3.05) is 6.61 Å². The van der Waals surface area contributed by atoms with Crippen LogP contribution in [0.1, 0.15) is 51.5 Å². The van der Waals surface area contributed by atoms with Crippen molar-refractivity contribution in [1.29, 1.82) is 0 Å². The summed E-state index contributed by atoms with van der Waals surface area (Å²) < 4.78 is 5.21. The van der Waals surface area contributed by atoms with Crippen LogP contribution in [-0.4, -0.2) is 51.5 Å². The Hall–Kier alpha value is -2.02. The predicted octanol–water partition coefficient (Wildman–Crippen LogP) is 2.90. The summed E-state index contributed by atoms with van der Waals surface area (Å²) in [4.78, 5) is 39.8. The van der Waals surface area contributed by atoms with Gasteiger partial charge < -0.3 is 15.0 Å². The Morgan fingerprint density at radius 1 is 1.17 bits per heavy atom. The number of hydrogen-bond donors (Lipinski definition) is 1. The number of hydrogen-bond acceptors (Lipinski definition) is 5. The number of β-lactam (4-membered cyclic amide) rings is 1. The van der Waals surface area contributed by atoms with Gasteiger partial charge in [-0.05, 0) is 38.2 Å². The van der Waals surface area contributed by atoms with E-state index < -0.39 is 16.8 Å². The minimum Gasteiger partial charge on any atom is -0.464 e. The second kappa shape index (κ2) is 8.61. The van der Waals surface area contributed by atoms with Crippen molar-refractivity contribution in [3.05, 3.63) is 35.9 Å². The molecular weight excluding hydrogens is 400 g/mol. The van der Waals surface area contributed by atoms with Crippen LogP contribution in [0.15, 0.2) is 30.3 Å². The van der Waals surface area contributed by atoms with Crippen molar-refractivity contribution in [2.45, 2.75) is 74.6 Å². The summed E-state index contributed by atoms with van der Waals surface area (Å²) >= 11 is 1.57. The number of fused-ring (bicyclic) bond motifs is 1. The van der Waals surface area contributed by atoms with Crippen LogP contribution in [0.3, 0.4) is 0 Å². The van der Waals surface area contributed by atoms with Gasteiger partial charge in [-0.3, -0.25) is 9.59 Å². The van der Waals surface area contributed by atoms with Crippen LogP contribution >= 0.6 is 11.8 Å². The van der Waals surface area contributed by atoms with E-state index >= 15 is 0 Å². The molecule has 2 heterocycles. The van der Waals surface area contributed by atoms with Crippen molar-refractivity contribution < 1.29 is 19.1 Å². The number of benzene rings is 1. The molecule has 2 amide bonds. The van der Waals surface area contributed by atoms with Gasteiger partial charge in [-0.2, -0.15) is 0 Å². The number of carbonyl (C=O) groups is 3. The van der Waals surface area contributed by atoms with Gasteiger partial charge in [0.05, 0.1) is 13.0 Å². The van der Waals surface area contributed by atoms with E-state index in [0.29, 0.717) is 12.5 Å². The fourth-order valence-corrected chi connectivity index (χ4v) is 6.39. The van der Waals surface area contributed by atoms with Crippen LogP contribution < -0.4 is 5.32 Å². The van der Waals surface area contributed by atoms with Gasteiger partial charge in [0.2, 0.25) is 11.8 Å². The Balaban J connectivity index is 1.35. The Bertz CT molecular complexity index is 807. The summed E-state index contributed by atoms with van der Waals surface area (Å²) in [5.74, 6) is -0.254. The molecule has 3 fully saturated rings. The van der Waals surface area contributed by atoms with E-state index in [1.807, 2.05) is 44.2 Å². The smallest absolute Gasteiger partial charge is 0.330 e. The molecule has 0 radical (unpaired) electrons. The number of amides is 2. The third-order valence-electron chi connectivity index (χ3n) is 6.37. The molecular formula is C23H30N2O4S. The molecule has 0 bridgehead atoms. The number of rotatable bonds is 6. The number of thioether (sulfide) groups is 1. The molecule has 1 N–H and O–H groups in total. The molecule has 2 unspecified atom stereocenters. The van der Waals surface area contributed by atoms with Crippen molar-refractivity contribution >= 4 is 29.5 Å². The molecule has 30 heavy (non-hydrogen) atoms. The van der Waals surface area contributed by atoms with Crippen LogP contribution in [0.5, 0.6) is 0 Å². The highest BCUT2D eigenvalue weighted by Gasteiger charge is 2.64. The van der Waals surface area contributed by atoms with E-state index in [1.54, 1.807) is 16.7 Å². The highest BCUT2D eigenvalue weighted by molar-refractivity contribution is 8.01. The monoisotopic (exact) mass is 430 g/mol. The number of esters is 1. The SMILES string of the molecule is CC1(C)SC2[C@H](NC(=O)Cc3ccccc3)C(=O)N2C1C(=O)OCC1CCCCC1. The van der Waals surface area contributed by atoms with E-state index in [2.05, 4.69) is 5.32 Å². The fourth-order valence-electron chi connectivity index (χ4n) is 4.76. The molecule has 3 aliphatic rings. The van der Waals surface area contributed by atoms with Crippen molar-refractivity contribution in [2.24, 2.45) is 5.92 Å². The standard InChI is InChI=1S/C23H30N2O4S/c1-23(2)19(22(28)29-14-16-11-7-4-8-12-16)25-20(27)18(21(25)30-23)24-17(26)13-15-9-5-3-6-10-15/h3,5-6,9-10,16,18-19,21H,4,7-8,11-14H2,1-2H3,(H,24,26)/t18-,19?,21?/m1/s1. The predicted molar refractivity (Wildman–Crippen MR) is 116 cm³/mol. The minimum atomic E-state index is -0.606. The molecule has 1 aromatic rings. The largest absolute Gasteiger partial charge is 0.464 e. The molecule has 1 aromatic carbocycles. The summed E-state index contributed by atoms with van der Waals surface area (Å²) in [6, 6.07) is 8.27. The quantitative estimate of drug-likeness (QED) is 0.555. The summed E-state index contributed by atoms with van der Waals surface area (Å²) in [7, 11) is 0. The number of carbonyl (C=O) groups excluding carboxylic acids is 3. The molecule has 2 aliphatic heterocycles. The summed E-state index contributed by atoms with van der Waals surface area (Å²) in [6.07, 6.45) is 6.11. The second-order valence-corrected chi connectivity index (χ2v) is 10.9. The van der Waals surface area contributed by atoms with Gasteiger partial charge in [0, 0.05) is 4.75 Å². The lowest BCUT2D eigenvalue weighted by atomic mass is 9.90. The molecule has 162 valence electrons. The van der Waals surface area contributed by atoms with E-state index in [9.17, 15) is 14.4 Å². The molecule has 4 rings (SSSR count). The Morgan fingerprint density at radius 3 is 2.57 bits per heavy atom. The lowest BCUT2D eigenvalue weighted by Crippen LogP contribution is -2.70. The van der Waals surface area contributed by atoms with Gasteiger partial charge in [-0.15, -0.1) is 11.8 Å². The molecule has 0 spiro atoms. The normalized spacial score (nSPS) is 27.9. The first-order valence-electron chi connectivity index (χ1n) is 10.9. The number of nitrogens with zero attached hydrogens (tertiary/aromatic N) is 1. The van der Waals surface area contributed by atoms with Crippen molar-refractivity contribution in [3.8, 4) is 0 Å². The lowest BCUT2D eigenvalue weighted by molar-refractivity contribution is -0.165. The third kappa shape index (κ3) is 4.22. The third-order valence-corrected chi connectivity index (χ3v) is 7.95. The average Bonchev–Trinajstić information content (AvgIpc) is 2.99. The maximum atomic E-state index is 12.9. The summed E-state index contributed by atoms with van der Waals surface area (Å²) in [5, 5.41) is 2.64. The van der Waals surface area contributed by atoms with Crippen LogP contribution in [0, 0.1) is 5.92 Å². The minimum absolute atomic E-state index is 0.180. The first-order valence-corrected chi connectivity index (χ1v) is 11.7. The zero-order valence-electron chi connectivity index (χ0n) is 17.6. The van der Waals surface area contributed by atoms with E-state index in [-0.39, 0.29) is 29.6 Å². The number of ether oxygens (including phenoxy) is 1. The van der Waals surface area contributed by atoms with Crippen LogP contribution in [-0.2, 0) is 25.5 Å². The molecule has 3 atom stereocenters. The molecule has 1 aliphatic carbocycles. The van der Waals surface area contributed by atoms with Gasteiger partial charge >= 0.3 is 5.97 Å². The highest BCUT2D eigenvalue weighted by atomic mass is 32.2. The summed E-state index contributed by atoms with van der Waals surface area (Å²) in [6.45, 7) is 4.39. The Morgan fingerprint density at radius 2 is 1.87 bits per heavy atom. The van der Waals surface area contributed by atoms with Gasteiger partial charge in [0.25, 0.3) is 0 Å². The summed E-state index contributed by atoms with van der Waals surface area (Å²) in [5.41, 5.74) is 0.905. The van der Waals surface area contributed by atoms with Crippen LogP contribution in [0.25, 0.3) is 0 Å². The second-order valence-electron chi connectivity index (χ2n) is 9.10. The molecule has 7 heteroatoms. The van der Waals surface area contributed by atoms with Crippen LogP contribution in [0.4, 0.5) is 0 Å². The maximum absolute atomic E-state index is 12.9. The zero-order valence-corrected chi connectivity index (χ0v) is 18.5. The van der Waals surface area contributed by atoms with Crippen molar-refractivity contribution in [1.82, 2.24) is 10.2 Å². The first-order chi connectivity index (χ1) is 14.4. The molecule has 2 saturated heterocycles. The molecule has 1 saturated carbocycles. The average molecular weight is 431 g/mol. The zero-order chi connectivity index (χ0) is 21.3. The molecule has 0 aromatic heterocycles.